The van der Waals surface area contributed by atoms with Crippen LogP contribution in [0.25, 0.3) is 0 Å². The van der Waals surface area contributed by atoms with Crippen molar-refractivity contribution in [3.63, 3.8) is 0 Å². The van der Waals surface area contributed by atoms with Gasteiger partial charge in [0.1, 0.15) is 5.82 Å². The third kappa shape index (κ3) is 5.15. The Kier molecular flexibility index (Phi) is 7.14. The molecule has 3 rings (SSSR count). The highest BCUT2D eigenvalue weighted by Crippen LogP contribution is 2.40. The molecule has 0 atom stereocenters. The Balaban J connectivity index is 1.84. The summed E-state index contributed by atoms with van der Waals surface area (Å²) in [5, 5.41) is 8.94. The van der Waals surface area contributed by atoms with E-state index in [4.69, 9.17) is 14.2 Å². The first-order chi connectivity index (χ1) is 15.0. The zero-order valence-corrected chi connectivity index (χ0v) is 19.0. The van der Waals surface area contributed by atoms with Crippen LogP contribution in [0.2, 0.25) is 0 Å². The molecule has 0 aliphatic rings. The first-order valence-electron chi connectivity index (χ1n) is 9.17. The molecule has 10 heteroatoms. The van der Waals surface area contributed by atoms with Gasteiger partial charge in [-0.2, -0.15) is 4.98 Å². The maximum Gasteiger partial charge on any atom is 0.251 e. The molecule has 31 heavy (non-hydrogen) atoms. The van der Waals surface area contributed by atoms with Gasteiger partial charge >= 0.3 is 0 Å². The Morgan fingerprint density at radius 2 is 1.58 bits per heavy atom. The number of carbonyl (C=O) groups is 1. The van der Waals surface area contributed by atoms with E-state index in [0.717, 1.165) is 5.69 Å². The van der Waals surface area contributed by atoms with E-state index < -0.39 is 0 Å². The molecular formula is C21H22BrN5O4. The Labute approximate surface area is 188 Å². The highest BCUT2D eigenvalue weighted by atomic mass is 79.9. The number of nitrogens with one attached hydrogen (secondary N) is 3. The van der Waals surface area contributed by atoms with Crippen LogP contribution in [0.15, 0.2) is 47.1 Å². The average molecular weight is 488 g/mol. The molecule has 0 saturated heterocycles. The topological polar surface area (TPSA) is 107 Å². The summed E-state index contributed by atoms with van der Waals surface area (Å²) in [5.74, 6) is 2.29. The number of halogens is 1. The molecule has 0 aliphatic heterocycles. The van der Waals surface area contributed by atoms with Crippen LogP contribution in [0.3, 0.4) is 0 Å². The average Bonchev–Trinajstić information content (AvgIpc) is 2.80. The fourth-order valence-corrected chi connectivity index (χ4v) is 3.07. The minimum Gasteiger partial charge on any atom is -0.493 e. The van der Waals surface area contributed by atoms with Crippen LogP contribution in [-0.2, 0) is 0 Å². The fraction of sp³-hybridized carbons (Fsp3) is 0.190. The summed E-state index contributed by atoms with van der Waals surface area (Å²) in [6.45, 7) is 0. The van der Waals surface area contributed by atoms with Crippen LogP contribution >= 0.6 is 15.9 Å². The summed E-state index contributed by atoms with van der Waals surface area (Å²) < 4.78 is 16.8. The van der Waals surface area contributed by atoms with Crippen molar-refractivity contribution in [2.45, 2.75) is 0 Å². The third-order valence-electron chi connectivity index (χ3n) is 4.30. The SMILES string of the molecule is CNC(=O)c1ccc(Nc2nc(Nc3cc(OC)c(OC)c(OC)c3)ncc2Br)cc1. The molecule has 0 spiro atoms. The van der Waals surface area contributed by atoms with E-state index in [0.29, 0.717) is 44.7 Å². The monoisotopic (exact) mass is 487 g/mol. The summed E-state index contributed by atoms with van der Waals surface area (Å²) in [7, 11) is 6.24. The van der Waals surface area contributed by atoms with Gasteiger partial charge in [0.25, 0.3) is 5.91 Å². The molecule has 0 unspecified atom stereocenters. The number of hydrogen-bond donors (Lipinski definition) is 3. The maximum atomic E-state index is 11.7. The lowest BCUT2D eigenvalue weighted by Gasteiger charge is -2.15. The van der Waals surface area contributed by atoms with E-state index in [9.17, 15) is 4.79 Å². The quantitative estimate of drug-likeness (QED) is 0.435. The molecule has 162 valence electrons. The number of aromatic nitrogens is 2. The van der Waals surface area contributed by atoms with E-state index in [2.05, 4.69) is 41.8 Å². The molecule has 0 fully saturated rings. The normalized spacial score (nSPS) is 10.2. The van der Waals surface area contributed by atoms with Crippen molar-refractivity contribution in [3.8, 4) is 17.2 Å². The summed E-state index contributed by atoms with van der Waals surface area (Å²) in [5.41, 5.74) is 2.00. The van der Waals surface area contributed by atoms with Gasteiger partial charge in [-0.15, -0.1) is 0 Å². The van der Waals surface area contributed by atoms with Crippen LogP contribution in [0.5, 0.6) is 17.2 Å². The van der Waals surface area contributed by atoms with Crippen molar-refractivity contribution in [2.75, 3.05) is 39.0 Å². The predicted molar refractivity (Wildman–Crippen MR) is 122 cm³/mol. The summed E-state index contributed by atoms with van der Waals surface area (Å²) in [6, 6.07) is 10.6. The summed E-state index contributed by atoms with van der Waals surface area (Å²) in [6.07, 6.45) is 1.63. The number of amides is 1. The van der Waals surface area contributed by atoms with Crippen molar-refractivity contribution >= 4 is 45.0 Å². The summed E-state index contributed by atoms with van der Waals surface area (Å²) >= 11 is 3.45. The van der Waals surface area contributed by atoms with E-state index in [-0.39, 0.29) is 5.91 Å². The lowest BCUT2D eigenvalue weighted by molar-refractivity contribution is 0.0963. The molecule has 0 aliphatic carbocycles. The minimum atomic E-state index is -0.147. The van der Waals surface area contributed by atoms with Gasteiger partial charge in [0.15, 0.2) is 11.5 Å². The van der Waals surface area contributed by atoms with Crippen molar-refractivity contribution in [3.05, 3.63) is 52.6 Å². The number of anilines is 4. The van der Waals surface area contributed by atoms with Gasteiger partial charge in [-0.1, -0.05) is 0 Å². The number of methoxy groups -OCH3 is 3. The van der Waals surface area contributed by atoms with E-state index >= 15 is 0 Å². The van der Waals surface area contributed by atoms with Crippen molar-refractivity contribution < 1.29 is 19.0 Å². The number of ether oxygens (including phenoxy) is 3. The third-order valence-corrected chi connectivity index (χ3v) is 4.88. The van der Waals surface area contributed by atoms with Crippen molar-refractivity contribution in [1.29, 1.82) is 0 Å². The molecule has 3 aromatic rings. The summed E-state index contributed by atoms with van der Waals surface area (Å²) in [4.78, 5) is 20.5. The van der Waals surface area contributed by atoms with E-state index in [1.807, 2.05) is 0 Å². The van der Waals surface area contributed by atoms with Gasteiger partial charge in [0, 0.05) is 42.3 Å². The van der Waals surface area contributed by atoms with Crippen LogP contribution in [0.4, 0.5) is 23.1 Å². The molecule has 1 amide bonds. The smallest absolute Gasteiger partial charge is 0.251 e. The molecule has 1 heterocycles. The molecule has 1 aromatic heterocycles. The molecule has 2 aromatic carbocycles. The fourth-order valence-electron chi connectivity index (χ4n) is 2.78. The first kappa shape index (κ1) is 22.2. The zero-order chi connectivity index (χ0) is 22.4. The van der Waals surface area contributed by atoms with Gasteiger partial charge in [-0.3, -0.25) is 4.79 Å². The van der Waals surface area contributed by atoms with E-state index in [1.165, 1.54) is 0 Å². The van der Waals surface area contributed by atoms with Gasteiger partial charge in [-0.05, 0) is 40.2 Å². The molecule has 0 bridgehead atoms. The molecule has 3 N–H and O–H groups in total. The highest BCUT2D eigenvalue weighted by molar-refractivity contribution is 9.10. The molecule has 0 radical (unpaired) electrons. The lowest BCUT2D eigenvalue weighted by atomic mass is 10.2. The number of rotatable bonds is 8. The van der Waals surface area contributed by atoms with Crippen LogP contribution in [0, 0.1) is 0 Å². The van der Waals surface area contributed by atoms with Gasteiger partial charge in [0.2, 0.25) is 11.7 Å². The largest absolute Gasteiger partial charge is 0.493 e. The van der Waals surface area contributed by atoms with Gasteiger partial charge in [0.05, 0.1) is 25.8 Å². The van der Waals surface area contributed by atoms with Gasteiger partial charge < -0.3 is 30.2 Å². The second-order valence-electron chi connectivity index (χ2n) is 6.21. The molecular weight excluding hydrogens is 466 g/mol. The van der Waals surface area contributed by atoms with Crippen LogP contribution in [-0.4, -0.2) is 44.3 Å². The van der Waals surface area contributed by atoms with Crippen molar-refractivity contribution in [2.24, 2.45) is 0 Å². The van der Waals surface area contributed by atoms with Crippen molar-refractivity contribution in [1.82, 2.24) is 15.3 Å². The Bertz CT molecular complexity index is 1050. The second-order valence-corrected chi connectivity index (χ2v) is 7.06. The Morgan fingerprint density at radius 1 is 0.935 bits per heavy atom. The number of benzene rings is 2. The molecule has 9 nitrogen and oxygen atoms in total. The number of hydrogen-bond acceptors (Lipinski definition) is 8. The molecule has 0 saturated carbocycles. The predicted octanol–water partition coefficient (Wildman–Crippen LogP) is 4.11. The number of nitrogens with zero attached hydrogens (tertiary/aromatic N) is 2. The standard InChI is InChI=1S/C21H22BrN5O4/c1-23-20(28)12-5-7-13(8-6-12)25-19-15(22)11-24-21(27-19)26-14-9-16(29-2)18(31-4)17(10-14)30-3/h5-11H,1-4H3,(H,23,28)(H2,24,25,26,27). The van der Waals surface area contributed by atoms with Crippen LogP contribution in [0.1, 0.15) is 10.4 Å². The van der Waals surface area contributed by atoms with Gasteiger partial charge in [-0.25, -0.2) is 4.98 Å². The Hall–Kier alpha value is -3.53. The lowest BCUT2D eigenvalue weighted by Crippen LogP contribution is -2.17. The zero-order valence-electron chi connectivity index (χ0n) is 17.4. The van der Waals surface area contributed by atoms with Crippen LogP contribution < -0.4 is 30.2 Å². The highest BCUT2D eigenvalue weighted by Gasteiger charge is 2.14. The first-order valence-corrected chi connectivity index (χ1v) is 9.97. The second kappa shape index (κ2) is 9.98. The Morgan fingerprint density at radius 3 is 2.13 bits per heavy atom. The maximum absolute atomic E-state index is 11.7. The minimum absolute atomic E-state index is 0.147. The van der Waals surface area contributed by atoms with E-state index in [1.54, 1.807) is 71.0 Å². The number of carbonyl (C=O) groups excluding carboxylic acids is 1.